The Balaban J connectivity index is 0.000000580. The van der Waals surface area contributed by atoms with E-state index in [1.54, 1.807) is 18.2 Å². The molecule has 214 valence electrons. The Hall–Kier alpha value is -4.11. The lowest BCUT2D eigenvalue weighted by atomic mass is 10.2. The smallest absolute Gasteiger partial charge is 0.422 e. The Morgan fingerprint density at radius 3 is 2.18 bits per heavy atom. The van der Waals surface area contributed by atoms with E-state index in [1.807, 2.05) is 4.90 Å². The number of nitrogens with one attached hydrogen (secondary N) is 1. The van der Waals surface area contributed by atoms with E-state index in [1.165, 1.54) is 12.3 Å². The predicted octanol–water partition coefficient (Wildman–Crippen LogP) is 0.894. The highest BCUT2D eigenvalue weighted by molar-refractivity contribution is 5.89. The van der Waals surface area contributed by atoms with Crippen LogP contribution in [-0.4, -0.2) is 87.2 Å². The second-order valence-electron chi connectivity index (χ2n) is 8.30. The van der Waals surface area contributed by atoms with Crippen molar-refractivity contribution in [3.05, 3.63) is 69.0 Å². The van der Waals surface area contributed by atoms with Gasteiger partial charge in [0.1, 0.15) is 5.75 Å². The molecule has 0 unspecified atom stereocenters. The summed E-state index contributed by atoms with van der Waals surface area (Å²) in [7, 11) is 0. The number of hydrogen-bond donors (Lipinski definition) is 4. The summed E-state index contributed by atoms with van der Waals surface area (Å²) in [5, 5.41) is 24.8. The van der Waals surface area contributed by atoms with Gasteiger partial charge in [0.05, 0.1) is 17.9 Å². The van der Waals surface area contributed by atoms with E-state index in [9.17, 15) is 32.3 Å². The van der Waals surface area contributed by atoms with Crippen LogP contribution < -0.4 is 20.9 Å². The maximum atomic E-state index is 12.5. The third-order valence-electron chi connectivity index (χ3n) is 5.50. The van der Waals surface area contributed by atoms with Gasteiger partial charge in [-0.1, -0.05) is 12.1 Å². The van der Waals surface area contributed by atoms with Gasteiger partial charge in [0.2, 0.25) is 0 Å². The molecule has 1 aliphatic rings. The average Bonchev–Trinajstić information content (AvgIpc) is 2.89. The number of hydrogen-bond acceptors (Lipinski definition) is 8. The number of aliphatic hydroxyl groups excluding tert-OH is 1. The third kappa shape index (κ3) is 10.6. The number of carboxylic acid groups (broad SMARTS) is 2. The summed E-state index contributed by atoms with van der Waals surface area (Å²) in [5.74, 6) is -2.31. The number of alkyl halides is 3. The molecule has 0 radical (unpaired) electrons. The van der Waals surface area contributed by atoms with Crippen molar-refractivity contribution in [2.45, 2.75) is 25.7 Å². The number of halogens is 3. The van der Waals surface area contributed by atoms with Crippen LogP contribution in [0.1, 0.15) is 12.0 Å². The number of carboxylic acids is 2. The van der Waals surface area contributed by atoms with Crippen molar-refractivity contribution in [3.8, 4) is 5.75 Å². The molecule has 4 N–H and O–H groups in total. The fourth-order valence-electron chi connectivity index (χ4n) is 3.68. The monoisotopic (exact) mass is 558 g/mol. The van der Waals surface area contributed by atoms with E-state index in [-0.39, 0.29) is 17.9 Å². The van der Waals surface area contributed by atoms with Gasteiger partial charge in [-0.3, -0.25) is 14.3 Å². The van der Waals surface area contributed by atoms with Crippen LogP contribution in [0.3, 0.4) is 0 Å². The van der Waals surface area contributed by atoms with Crippen LogP contribution in [0.25, 0.3) is 0 Å². The summed E-state index contributed by atoms with van der Waals surface area (Å²) in [6.07, 6.45) is -1.49. The van der Waals surface area contributed by atoms with Gasteiger partial charge in [0.15, 0.2) is 6.61 Å². The molecule has 1 aliphatic heterocycles. The molecule has 0 atom stereocenters. The fourth-order valence-corrected chi connectivity index (χ4v) is 3.68. The quantitative estimate of drug-likeness (QED) is 0.308. The summed E-state index contributed by atoms with van der Waals surface area (Å²) in [6.45, 7) is 1.74. The largest absolute Gasteiger partial charge is 0.482 e. The molecule has 15 heteroatoms. The molecule has 0 saturated carbocycles. The van der Waals surface area contributed by atoms with Crippen molar-refractivity contribution in [2.24, 2.45) is 0 Å². The van der Waals surface area contributed by atoms with Gasteiger partial charge < -0.3 is 29.9 Å². The minimum Gasteiger partial charge on any atom is -0.482 e. The molecule has 3 rings (SSSR count). The Morgan fingerprint density at radius 1 is 1.00 bits per heavy atom. The molecular formula is C24H29F3N4O8. The number of piperazine rings is 1. The fraction of sp³-hybridized carbons (Fsp3) is 0.417. The molecule has 1 saturated heterocycles. The number of aliphatic hydroxyl groups is 1. The van der Waals surface area contributed by atoms with E-state index < -0.39 is 42.6 Å². The van der Waals surface area contributed by atoms with Crippen LogP contribution >= 0.6 is 0 Å². The molecule has 0 aliphatic carbocycles. The maximum Gasteiger partial charge on any atom is 0.422 e. The first-order valence-corrected chi connectivity index (χ1v) is 11.7. The summed E-state index contributed by atoms with van der Waals surface area (Å²) in [6, 6.07) is 6.68. The van der Waals surface area contributed by atoms with Gasteiger partial charge in [-0.05, 0) is 25.1 Å². The molecule has 0 amide bonds. The molecule has 1 aromatic carbocycles. The third-order valence-corrected chi connectivity index (χ3v) is 5.50. The Bertz CT molecular complexity index is 1230. The van der Waals surface area contributed by atoms with Crippen LogP contribution in [0, 0.1) is 0 Å². The molecule has 2 aromatic rings. The highest BCUT2D eigenvalue weighted by Gasteiger charge is 2.29. The van der Waals surface area contributed by atoms with Gasteiger partial charge in [0.25, 0.3) is 5.56 Å². The van der Waals surface area contributed by atoms with Crippen LogP contribution in [0.5, 0.6) is 5.75 Å². The van der Waals surface area contributed by atoms with Crippen molar-refractivity contribution in [1.29, 1.82) is 0 Å². The Morgan fingerprint density at radius 2 is 1.62 bits per heavy atom. The predicted molar refractivity (Wildman–Crippen MR) is 133 cm³/mol. The summed E-state index contributed by atoms with van der Waals surface area (Å²) in [5.41, 5.74) is -0.237. The van der Waals surface area contributed by atoms with Crippen molar-refractivity contribution in [1.82, 2.24) is 14.5 Å². The van der Waals surface area contributed by atoms with E-state index in [4.69, 9.17) is 20.1 Å². The van der Waals surface area contributed by atoms with Gasteiger partial charge in [0, 0.05) is 51.1 Å². The number of nitrogens with zero attached hydrogens (tertiary/aromatic N) is 3. The molecule has 1 fully saturated rings. The van der Waals surface area contributed by atoms with Crippen molar-refractivity contribution in [3.63, 3.8) is 0 Å². The zero-order valence-corrected chi connectivity index (χ0v) is 20.8. The summed E-state index contributed by atoms with van der Waals surface area (Å²) < 4.78 is 43.6. The number of aromatic amines is 1. The van der Waals surface area contributed by atoms with Crippen LogP contribution in [0.4, 0.5) is 18.9 Å². The number of anilines is 1. The molecule has 39 heavy (non-hydrogen) atoms. The number of carbonyl (C=O) groups is 2. The van der Waals surface area contributed by atoms with Crippen molar-refractivity contribution >= 4 is 17.6 Å². The molecule has 2 heterocycles. The first-order valence-electron chi connectivity index (χ1n) is 11.7. The van der Waals surface area contributed by atoms with Gasteiger partial charge >= 0.3 is 23.8 Å². The maximum absolute atomic E-state index is 12.5. The first kappa shape index (κ1) is 31.1. The van der Waals surface area contributed by atoms with Crippen LogP contribution in [0.15, 0.2) is 52.2 Å². The Labute approximate surface area is 220 Å². The van der Waals surface area contributed by atoms with E-state index in [2.05, 4.69) is 9.88 Å². The second-order valence-corrected chi connectivity index (χ2v) is 8.30. The van der Waals surface area contributed by atoms with Crippen LogP contribution in [-0.2, 0) is 22.7 Å². The number of para-hydroxylation sites is 2. The first-order chi connectivity index (χ1) is 18.4. The summed E-state index contributed by atoms with van der Waals surface area (Å²) in [4.78, 5) is 49.7. The van der Waals surface area contributed by atoms with Crippen molar-refractivity contribution in [2.75, 3.05) is 44.2 Å². The lowest BCUT2D eigenvalue weighted by molar-refractivity contribution is -0.153. The minimum atomic E-state index is -4.40. The lowest BCUT2D eigenvalue weighted by Crippen LogP contribution is -2.47. The number of aromatic nitrogens is 2. The molecule has 1 aromatic heterocycles. The van der Waals surface area contributed by atoms with Crippen LogP contribution in [0.2, 0.25) is 0 Å². The van der Waals surface area contributed by atoms with Gasteiger partial charge in [-0.25, -0.2) is 14.4 Å². The molecule has 0 bridgehead atoms. The second kappa shape index (κ2) is 14.7. The van der Waals surface area contributed by atoms with Crippen molar-refractivity contribution < 1.29 is 42.8 Å². The van der Waals surface area contributed by atoms with Gasteiger partial charge in [-0.15, -0.1) is 0 Å². The highest BCUT2D eigenvalue weighted by Crippen LogP contribution is 2.30. The van der Waals surface area contributed by atoms with E-state index >= 15 is 0 Å². The van der Waals surface area contributed by atoms with E-state index in [0.29, 0.717) is 57.0 Å². The molecular weight excluding hydrogens is 529 g/mol. The summed E-state index contributed by atoms with van der Waals surface area (Å²) >= 11 is 0. The zero-order valence-electron chi connectivity index (χ0n) is 20.8. The Kier molecular flexibility index (Phi) is 11.7. The number of benzene rings is 1. The van der Waals surface area contributed by atoms with Gasteiger partial charge in [-0.2, -0.15) is 13.2 Å². The standard InChI is InChI=1S/C20H25F3N4O4.C4H4O4/c21-20(22,23)14-31-17-5-2-1-4-16(17)26-10-8-25(9-11-26)6-3-7-27-18(29)15(13-28)12-24-19(27)30;5-3(6)1-2-4(7)8/h1-2,4-5,12,28H,3,6-11,13-14H2,(H,24,30);1-2H,(H,5,6)(H,7,8)/b;2-1+. The van der Waals surface area contributed by atoms with E-state index in [0.717, 1.165) is 4.57 Å². The number of rotatable bonds is 10. The topological polar surface area (TPSA) is 165 Å². The normalized spacial score (nSPS) is 14.1. The zero-order chi connectivity index (χ0) is 29.0. The minimum absolute atomic E-state index is 0.139. The lowest BCUT2D eigenvalue weighted by Gasteiger charge is -2.36. The molecule has 0 spiro atoms. The molecule has 12 nitrogen and oxygen atoms in total. The highest BCUT2D eigenvalue weighted by atomic mass is 19.4. The number of H-pyrrole nitrogens is 1. The number of ether oxygens (including phenoxy) is 1. The SMILES string of the molecule is O=C(O)/C=C/C(=O)O.O=c1[nH]cc(CO)c(=O)n1CCCN1CCN(c2ccccc2OCC(F)(F)F)CC1. The number of aliphatic carboxylic acids is 2. The average molecular weight is 559 g/mol.